The second-order valence-electron chi connectivity index (χ2n) is 5.57. The molecule has 1 aromatic carbocycles. The fourth-order valence-electron chi connectivity index (χ4n) is 3.28. The first-order valence-corrected chi connectivity index (χ1v) is 7.39. The minimum Gasteiger partial charge on any atom is -0.497 e. The van der Waals surface area contributed by atoms with Crippen molar-refractivity contribution in [3.05, 3.63) is 35.9 Å². The van der Waals surface area contributed by atoms with Gasteiger partial charge in [0.15, 0.2) is 5.60 Å². The Morgan fingerprint density at radius 1 is 1.55 bits per heavy atom. The van der Waals surface area contributed by atoms with Crippen molar-refractivity contribution < 1.29 is 14.3 Å². The first-order chi connectivity index (χ1) is 10.6. The quantitative estimate of drug-likeness (QED) is 0.622. The number of rotatable bonds is 2. The van der Waals surface area contributed by atoms with E-state index in [0.717, 1.165) is 17.7 Å². The van der Waals surface area contributed by atoms with Gasteiger partial charge in [-0.15, -0.1) is 6.42 Å². The molecule has 4 heteroatoms. The minimum absolute atomic E-state index is 0.0730. The zero-order valence-electron chi connectivity index (χ0n) is 12.8. The summed E-state index contributed by atoms with van der Waals surface area (Å²) in [4.78, 5) is 14.8. The van der Waals surface area contributed by atoms with Crippen LogP contribution in [0.2, 0.25) is 0 Å². The third kappa shape index (κ3) is 1.93. The number of methoxy groups -OCH3 is 1. The smallest absolute Gasteiger partial charge is 0.265 e. The molecule has 114 valence electrons. The minimum atomic E-state index is -1.01. The number of carbonyl (C=O) groups excluding carboxylic acids is 1. The van der Waals surface area contributed by atoms with E-state index in [4.69, 9.17) is 15.9 Å². The van der Waals surface area contributed by atoms with E-state index in [9.17, 15) is 4.79 Å². The number of hydrogen-bond acceptors (Lipinski definition) is 3. The monoisotopic (exact) mass is 297 g/mol. The topological polar surface area (TPSA) is 38.8 Å². The van der Waals surface area contributed by atoms with Crippen LogP contribution in [0.15, 0.2) is 30.4 Å². The highest BCUT2D eigenvalue weighted by molar-refractivity contribution is 6.08. The van der Waals surface area contributed by atoms with Gasteiger partial charge in [-0.2, -0.15) is 0 Å². The Labute approximate surface area is 130 Å². The van der Waals surface area contributed by atoms with E-state index < -0.39 is 5.60 Å². The standard InChI is InChI=1S/C18H19NO3/c1-4-10-19-16-9-8-14(21-3)12-15(16)18(17(19)20)13(2)7-5-6-11-22-18/h1,5,7-9,12-13H,6,10-11H2,2-3H3/t13-,18+/m0/s1. The number of anilines is 1. The van der Waals surface area contributed by atoms with Crippen LogP contribution in [0.1, 0.15) is 18.9 Å². The van der Waals surface area contributed by atoms with Crippen LogP contribution in [0.5, 0.6) is 5.75 Å². The number of benzene rings is 1. The van der Waals surface area contributed by atoms with E-state index in [2.05, 4.69) is 12.0 Å². The lowest BCUT2D eigenvalue weighted by Crippen LogP contribution is -2.46. The molecule has 1 amide bonds. The third-order valence-electron chi connectivity index (χ3n) is 4.39. The number of carbonyl (C=O) groups is 1. The predicted molar refractivity (Wildman–Crippen MR) is 84.7 cm³/mol. The van der Waals surface area contributed by atoms with Gasteiger partial charge in [0.1, 0.15) is 5.75 Å². The van der Waals surface area contributed by atoms with Crippen LogP contribution in [-0.4, -0.2) is 26.2 Å². The zero-order chi connectivity index (χ0) is 15.7. The lowest BCUT2D eigenvalue weighted by atomic mass is 9.83. The Morgan fingerprint density at radius 3 is 3.09 bits per heavy atom. The summed E-state index contributed by atoms with van der Waals surface area (Å²) in [5.74, 6) is 3.11. The van der Waals surface area contributed by atoms with Gasteiger partial charge in [-0.3, -0.25) is 9.69 Å². The largest absolute Gasteiger partial charge is 0.497 e. The van der Waals surface area contributed by atoms with E-state index in [1.165, 1.54) is 0 Å². The number of hydrogen-bond donors (Lipinski definition) is 0. The maximum atomic E-state index is 13.1. The molecule has 0 saturated carbocycles. The van der Waals surface area contributed by atoms with Crippen LogP contribution < -0.4 is 9.64 Å². The summed E-state index contributed by atoms with van der Waals surface area (Å²) >= 11 is 0. The van der Waals surface area contributed by atoms with Crippen LogP contribution >= 0.6 is 0 Å². The summed E-state index contributed by atoms with van der Waals surface area (Å²) in [5.41, 5.74) is 0.644. The van der Waals surface area contributed by atoms with Gasteiger partial charge >= 0.3 is 0 Å². The van der Waals surface area contributed by atoms with E-state index >= 15 is 0 Å². The van der Waals surface area contributed by atoms with Gasteiger partial charge < -0.3 is 9.47 Å². The van der Waals surface area contributed by atoms with Crippen molar-refractivity contribution in [1.29, 1.82) is 0 Å². The van der Waals surface area contributed by atoms with Crippen LogP contribution in [0, 0.1) is 18.3 Å². The average molecular weight is 297 g/mol. The average Bonchev–Trinajstić information content (AvgIpc) is 2.66. The zero-order valence-corrected chi connectivity index (χ0v) is 12.8. The summed E-state index contributed by atoms with van der Waals surface area (Å²) in [6.07, 6.45) is 10.4. The molecule has 0 bridgehead atoms. The third-order valence-corrected chi connectivity index (χ3v) is 4.39. The first-order valence-electron chi connectivity index (χ1n) is 7.39. The number of ether oxygens (including phenoxy) is 2. The van der Waals surface area contributed by atoms with Crippen molar-refractivity contribution in [2.24, 2.45) is 5.92 Å². The van der Waals surface area contributed by atoms with E-state index in [1.807, 2.05) is 31.2 Å². The molecular formula is C18H19NO3. The number of nitrogens with zero attached hydrogens (tertiary/aromatic N) is 1. The Hall–Kier alpha value is -2.25. The second kappa shape index (κ2) is 5.51. The van der Waals surface area contributed by atoms with Crippen molar-refractivity contribution in [3.8, 4) is 18.1 Å². The molecule has 2 aliphatic rings. The maximum Gasteiger partial charge on any atom is 0.265 e. The summed E-state index contributed by atoms with van der Waals surface area (Å²) in [6, 6.07) is 5.61. The van der Waals surface area contributed by atoms with Gasteiger partial charge in [0.25, 0.3) is 5.91 Å². The molecule has 0 unspecified atom stereocenters. The molecule has 2 heterocycles. The van der Waals surface area contributed by atoms with E-state index in [-0.39, 0.29) is 18.4 Å². The van der Waals surface area contributed by atoms with Crippen molar-refractivity contribution in [3.63, 3.8) is 0 Å². The molecule has 0 aromatic heterocycles. The van der Waals surface area contributed by atoms with E-state index in [0.29, 0.717) is 12.4 Å². The Kier molecular flexibility index (Phi) is 3.67. The molecule has 0 N–H and O–H groups in total. The van der Waals surface area contributed by atoms with Crippen molar-refractivity contribution in [2.75, 3.05) is 25.2 Å². The Bertz CT molecular complexity index is 673. The van der Waals surface area contributed by atoms with Crippen LogP contribution in [0.4, 0.5) is 5.69 Å². The van der Waals surface area contributed by atoms with Crippen molar-refractivity contribution in [2.45, 2.75) is 18.9 Å². The predicted octanol–water partition coefficient (Wildman–Crippen LogP) is 2.48. The van der Waals surface area contributed by atoms with Gasteiger partial charge in [-0.05, 0) is 24.6 Å². The van der Waals surface area contributed by atoms with Crippen LogP contribution in [0.25, 0.3) is 0 Å². The summed E-state index contributed by atoms with van der Waals surface area (Å²) in [5, 5.41) is 0. The van der Waals surface area contributed by atoms with Gasteiger partial charge in [-0.25, -0.2) is 0 Å². The molecule has 2 atom stereocenters. The van der Waals surface area contributed by atoms with Gasteiger partial charge in [0.2, 0.25) is 0 Å². The normalized spacial score (nSPS) is 26.7. The van der Waals surface area contributed by atoms with Gasteiger partial charge in [0.05, 0.1) is 25.9 Å². The molecule has 0 saturated heterocycles. The molecule has 0 aliphatic carbocycles. The molecule has 1 aromatic rings. The highest BCUT2D eigenvalue weighted by atomic mass is 16.5. The Morgan fingerprint density at radius 2 is 2.36 bits per heavy atom. The molecule has 3 rings (SSSR count). The number of fused-ring (bicyclic) bond motifs is 2. The summed E-state index contributed by atoms with van der Waals surface area (Å²) in [7, 11) is 1.61. The molecule has 2 aliphatic heterocycles. The summed E-state index contributed by atoms with van der Waals surface area (Å²) < 4.78 is 11.4. The lowest BCUT2D eigenvalue weighted by molar-refractivity contribution is -0.148. The molecule has 22 heavy (non-hydrogen) atoms. The lowest BCUT2D eigenvalue weighted by Gasteiger charge is -2.32. The van der Waals surface area contributed by atoms with Gasteiger partial charge in [0, 0.05) is 11.5 Å². The highest BCUT2D eigenvalue weighted by Gasteiger charge is 2.55. The second-order valence-corrected chi connectivity index (χ2v) is 5.57. The first kappa shape index (κ1) is 14.7. The maximum absolute atomic E-state index is 13.1. The van der Waals surface area contributed by atoms with Crippen molar-refractivity contribution >= 4 is 11.6 Å². The molecule has 4 nitrogen and oxygen atoms in total. The SMILES string of the molecule is C#CCN1C(=O)[C@]2(OCCC=C[C@@H]2C)c2cc(OC)ccc21. The molecule has 1 spiro atoms. The van der Waals surface area contributed by atoms with Crippen LogP contribution in [-0.2, 0) is 15.1 Å². The van der Waals surface area contributed by atoms with E-state index in [1.54, 1.807) is 12.0 Å². The molecule has 0 radical (unpaired) electrons. The number of terminal acetylenes is 1. The summed E-state index contributed by atoms with van der Waals surface area (Å²) in [6.45, 7) is 2.75. The molecular weight excluding hydrogens is 278 g/mol. The van der Waals surface area contributed by atoms with Gasteiger partial charge in [-0.1, -0.05) is 25.0 Å². The Balaban J connectivity index is 2.21. The fraction of sp³-hybridized carbons (Fsp3) is 0.389. The highest BCUT2D eigenvalue weighted by Crippen LogP contribution is 2.49. The van der Waals surface area contributed by atoms with Crippen molar-refractivity contribution in [1.82, 2.24) is 0 Å². The van der Waals surface area contributed by atoms with Crippen LogP contribution in [0.3, 0.4) is 0 Å². The number of amides is 1. The molecule has 0 fully saturated rings. The fourth-order valence-corrected chi connectivity index (χ4v) is 3.28.